The van der Waals surface area contributed by atoms with E-state index in [0.717, 1.165) is 12.8 Å². The van der Waals surface area contributed by atoms with Gasteiger partial charge in [-0.1, -0.05) is 0 Å². The molecule has 22 heavy (non-hydrogen) atoms. The highest BCUT2D eigenvalue weighted by Gasteiger charge is 2.23. The highest BCUT2D eigenvalue weighted by atomic mass is 16.4. The van der Waals surface area contributed by atoms with Gasteiger partial charge in [0.2, 0.25) is 5.91 Å². The SMILES string of the molecule is CC(=O)Nc1ccc(NC(=O)C2=C(C(=O)O)CCCC2)cc1. The summed E-state index contributed by atoms with van der Waals surface area (Å²) in [6, 6.07) is 6.66. The third-order valence-electron chi connectivity index (χ3n) is 3.46. The Bertz CT molecular complexity index is 632. The van der Waals surface area contributed by atoms with Crippen molar-refractivity contribution in [2.45, 2.75) is 32.6 Å². The molecule has 1 aliphatic carbocycles. The van der Waals surface area contributed by atoms with Crippen LogP contribution >= 0.6 is 0 Å². The Balaban J connectivity index is 2.11. The molecular formula is C16H18N2O4. The molecule has 0 aliphatic heterocycles. The van der Waals surface area contributed by atoms with E-state index >= 15 is 0 Å². The Kier molecular flexibility index (Phi) is 4.93. The van der Waals surface area contributed by atoms with Crippen molar-refractivity contribution in [3.8, 4) is 0 Å². The second-order valence-corrected chi connectivity index (χ2v) is 5.18. The van der Waals surface area contributed by atoms with Crippen molar-refractivity contribution in [2.75, 3.05) is 10.6 Å². The summed E-state index contributed by atoms with van der Waals surface area (Å²) < 4.78 is 0. The van der Waals surface area contributed by atoms with E-state index in [1.807, 2.05) is 0 Å². The van der Waals surface area contributed by atoms with Gasteiger partial charge in [0.25, 0.3) is 5.91 Å². The summed E-state index contributed by atoms with van der Waals surface area (Å²) in [5.41, 5.74) is 1.75. The van der Waals surface area contributed by atoms with Crippen molar-refractivity contribution in [2.24, 2.45) is 0 Å². The first-order chi connectivity index (χ1) is 10.5. The van der Waals surface area contributed by atoms with E-state index in [1.165, 1.54) is 6.92 Å². The molecule has 0 fully saturated rings. The smallest absolute Gasteiger partial charge is 0.332 e. The number of benzene rings is 1. The molecule has 0 aromatic heterocycles. The predicted octanol–water partition coefficient (Wildman–Crippen LogP) is 2.54. The fourth-order valence-corrected chi connectivity index (χ4v) is 2.44. The van der Waals surface area contributed by atoms with Crippen LogP contribution in [0.15, 0.2) is 35.4 Å². The highest BCUT2D eigenvalue weighted by molar-refractivity contribution is 6.08. The predicted molar refractivity (Wildman–Crippen MR) is 82.5 cm³/mol. The van der Waals surface area contributed by atoms with Crippen molar-refractivity contribution in [3.63, 3.8) is 0 Å². The molecule has 0 radical (unpaired) electrons. The molecule has 116 valence electrons. The molecule has 0 spiro atoms. The quantitative estimate of drug-likeness (QED) is 0.796. The van der Waals surface area contributed by atoms with Gasteiger partial charge in [0.05, 0.1) is 0 Å². The number of carboxylic acid groups (broad SMARTS) is 1. The average molecular weight is 302 g/mol. The number of nitrogens with one attached hydrogen (secondary N) is 2. The Labute approximate surface area is 128 Å². The van der Waals surface area contributed by atoms with Crippen LogP contribution in [0.5, 0.6) is 0 Å². The molecule has 0 bridgehead atoms. The van der Waals surface area contributed by atoms with E-state index < -0.39 is 5.97 Å². The first kappa shape index (κ1) is 15.8. The van der Waals surface area contributed by atoms with Crippen molar-refractivity contribution in [3.05, 3.63) is 35.4 Å². The Morgan fingerprint density at radius 1 is 0.909 bits per heavy atom. The Hall–Kier alpha value is -2.63. The van der Waals surface area contributed by atoms with Gasteiger partial charge in [-0.05, 0) is 49.9 Å². The minimum absolute atomic E-state index is 0.171. The van der Waals surface area contributed by atoms with Gasteiger partial charge in [0.1, 0.15) is 0 Å². The molecule has 0 saturated heterocycles. The standard InChI is InChI=1S/C16H18N2O4/c1-10(19)17-11-6-8-12(9-7-11)18-15(20)13-4-2-3-5-14(13)16(21)22/h6-9H,2-5H2,1H3,(H,17,19)(H,18,20)(H,21,22). The lowest BCUT2D eigenvalue weighted by Crippen LogP contribution is -2.21. The molecule has 6 nitrogen and oxygen atoms in total. The van der Waals surface area contributed by atoms with E-state index in [9.17, 15) is 14.4 Å². The fraction of sp³-hybridized carbons (Fsp3) is 0.312. The number of carbonyl (C=O) groups excluding carboxylic acids is 2. The van der Waals surface area contributed by atoms with Crippen molar-refractivity contribution in [1.82, 2.24) is 0 Å². The zero-order valence-corrected chi connectivity index (χ0v) is 12.3. The zero-order valence-electron chi connectivity index (χ0n) is 12.3. The van der Waals surface area contributed by atoms with E-state index in [-0.39, 0.29) is 17.4 Å². The Morgan fingerprint density at radius 2 is 1.41 bits per heavy atom. The maximum atomic E-state index is 12.2. The number of hydrogen-bond acceptors (Lipinski definition) is 3. The van der Waals surface area contributed by atoms with Crippen LogP contribution in [0.25, 0.3) is 0 Å². The van der Waals surface area contributed by atoms with Crippen molar-refractivity contribution >= 4 is 29.2 Å². The summed E-state index contributed by atoms with van der Waals surface area (Å²) in [5.74, 6) is -1.56. The molecule has 2 amide bonds. The number of hydrogen-bond donors (Lipinski definition) is 3. The number of anilines is 2. The number of aliphatic carboxylic acids is 1. The molecule has 1 aliphatic rings. The Morgan fingerprint density at radius 3 is 1.91 bits per heavy atom. The summed E-state index contributed by atoms with van der Waals surface area (Å²) in [7, 11) is 0. The second kappa shape index (κ2) is 6.89. The monoisotopic (exact) mass is 302 g/mol. The summed E-state index contributed by atoms with van der Waals surface area (Å²) >= 11 is 0. The minimum Gasteiger partial charge on any atom is -0.478 e. The lowest BCUT2D eigenvalue weighted by molar-refractivity contribution is -0.133. The minimum atomic E-state index is -1.02. The maximum Gasteiger partial charge on any atom is 0.332 e. The number of amides is 2. The van der Waals surface area contributed by atoms with Crippen LogP contribution in [0.3, 0.4) is 0 Å². The van der Waals surface area contributed by atoms with Gasteiger partial charge < -0.3 is 15.7 Å². The van der Waals surface area contributed by atoms with Gasteiger partial charge in [-0.3, -0.25) is 9.59 Å². The van der Waals surface area contributed by atoms with Crippen LogP contribution in [0.2, 0.25) is 0 Å². The largest absolute Gasteiger partial charge is 0.478 e. The van der Waals surface area contributed by atoms with Crippen LogP contribution in [0.4, 0.5) is 11.4 Å². The van der Waals surface area contributed by atoms with Gasteiger partial charge in [0, 0.05) is 29.4 Å². The molecule has 6 heteroatoms. The molecule has 0 unspecified atom stereocenters. The third-order valence-corrected chi connectivity index (χ3v) is 3.46. The molecular weight excluding hydrogens is 284 g/mol. The van der Waals surface area contributed by atoms with E-state index in [4.69, 9.17) is 5.11 Å². The molecule has 0 saturated carbocycles. The molecule has 3 N–H and O–H groups in total. The number of rotatable bonds is 4. The molecule has 1 aromatic carbocycles. The van der Waals surface area contributed by atoms with Crippen LogP contribution < -0.4 is 10.6 Å². The second-order valence-electron chi connectivity index (χ2n) is 5.18. The summed E-state index contributed by atoms with van der Waals surface area (Å²) in [5, 5.41) is 14.5. The number of carbonyl (C=O) groups is 3. The lowest BCUT2D eigenvalue weighted by Gasteiger charge is -2.17. The fourth-order valence-electron chi connectivity index (χ4n) is 2.44. The highest BCUT2D eigenvalue weighted by Crippen LogP contribution is 2.26. The van der Waals surface area contributed by atoms with Gasteiger partial charge in [0.15, 0.2) is 0 Å². The maximum absolute atomic E-state index is 12.2. The molecule has 2 rings (SSSR count). The molecule has 0 atom stereocenters. The van der Waals surface area contributed by atoms with Crippen LogP contribution in [0.1, 0.15) is 32.6 Å². The molecule has 1 aromatic rings. The van der Waals surface area contributed by atoms with Crippen LogP contribution in [0, 0.1) is 0 Å². The third kappa shape index (κ3) is 3.94. The van der Waals surface area contributed by atoms with Gasteiger partial charge in [-0.2, -0.15) is 0 Å². The average Bonchev–Trinajstić information content (AvgIpc) is 2.48. The summed E-state index contributed by atoms with van der Waals surface area (Å²) in [6.45, 7) is 1.42. The van der Waals surface area contributed by atoms with Crippen molar-refractivity contribution < 1.29 is 19.5 Å². The first-order valence-corrected chi connectivity index (χ1v) is 7.11. The van der Waals surface area contributed by atoms with Gasteiger partial charge >= 0.3 is 5.97 Å². The van der Waals surface area contributed by atoms with Gasteiger partial charge in [-0.25, -0.2) is 4.79 Å². The van der Waals surface area contributed by atoms with Crippen LogP contribution in [-0.2, 0) is 14.4 Å². The van der Waals surface area contributed by atoms with Crippen LogP contribution in [-0.4, -0.2) is 22.9 Å². The zero-order chi connectivity index (χ0) is 16.1. The normalized spacial score (nSPS) is 14.4. The van der Waals surface area contributed by atoms with E-state index in [2.05, 4.69) is 10.6 Å². The van der Waals surface area contributed by atoms with E-state index in [0.29, 0.717) is 29.8 Å². The first-order valence-electron chi connectivity index (χ1n) is 7.11. The van der Waals surface area contributed by atoms with Gasteiger partial charge in [-0.15, -0.1) is 0 Å². The van der Waals surface area contributed by atoms with E-state index in [1.54, 1.807) is 24.3 Å². The lowest BCUT2D eigenvalue weighted by atomic mass is 9.91. The topological polar surface area (TPSA) is 95.5 Å². The summed E-state index contributed by atoms with van der Waals surface area (Å²) in [6.07, 6.45) is 2.53. The summed E-state index contributed by atoms with van der Waals surface area (Å²) in [4.78, 5) is 34.4. The number of carboxylic acids is 1. The molecule has 0 heterocycles. The van der Waals surface area contributed by atoms with Crippen molar-refractivity contribution in [1.29, 1.82) is 0 Å².